The highest BCUT2D eigenvalue weighted by molar-refractivity contribution is 6.37. The molecule has 5 N–H and O–H groups in total. The fraction of sp³-hybridized carbons (Fsp3) is 0.125. The summed E-state index contributed by atoms with van der Waals surface area (Å²) in [6, 6.07) is 11.9. The van der Waals surface area contributed by atoms with Crippen molar-refractivity contribution in [3.63, 3.8) is 0 Å². The van der Waals surface area contributed by atoms with E-state index in [0.717, 1.165) is 11.3 Å². The number of hydrogen-bond donors (Lipinski definition) is 3. The maximum absolute atomic E-state index is 6.46. The zero-order valence-electron chi connectivity index (χ0n) is 12.1. The number of anilines is 3. The summed E-state index contributed by atoms with van der Waals surface area (Å²) in [6.45, 7) is 2.64. The summed E-state index contributed by atoms with van der Waals surface area (Å²) in [5.74, 6) is 0.442. The number of aryl methyl sites for hydroxylation is 1. The molecule has 0 amide bonds. The summed E-state index contributed by atoms with van der Waals surface area (Å²) < 4.78 is 0. The van der Waals surface area contributed by atoms with Crippen molar-refractivity contribution in [1.82, 2.24) is 9.97 Å². The maximum atomic E-state index is 6.46. The molecule has 0 aliphatic carbocycles. The number of aromatic nitrogens is 2. The second-order valence-electron chi connectivity index (χ2n) is 5.07. The van der Waals surface area contributed by atoms with Gasteiger partial charge in [0.2, 0.25) is 5.95 Å². The highest BCUT2D eigenvalue weighted by Gasteiger charge is 2.11. The van der Waals surface area contributed by atoms with E-state index in [0.29, 0.717) is 28.3 Å². The minimum Gasteiger partial charge on any atom is -0.383 e. The Morgan fingerprint density at radius 1 is 1.09 bits per heavy atom. The molecule has 0 atom stereocenters. The summed E-state index contributed by atoms with van der Waals surface area (Å²) in [5, 5.41) is 4.57. The molecule has 0 bridgehead atoms. The standard InChI is InChI=1S/C16H16ClN5/c1-9-4-2-3-5-11(9)20-8-10-6-7-12-13(14(10)17)15(18)22-16(19)21-12/h2-7,20H,8H2,1H3,(H4,18,19,21,22). The third kappa shape index (κ3) is 2.63. The molecule has 22 heavy (non-hydrogen) atoms. The van der Waals surface area contributed by atoms with Crippen molar-refractivity contribution in [2.45, 2.75) is 13.5 Å². The van der Waals surface area contributed by atoms with E-state index in [4.69, 9.17) is 23.1 Å². The molecule has 3 rings (SSSR count). The summed E-state index contributed by atoms with van der Waals surface area (Å²) in [4.78, 5) is 8.13. The Bertz CT molecular complexity index is 847. The normalized spacial score (nSPS) is 10.8. The SMILES string of the molecule is Cc1ccccc1NCc1ccc2nc(N)nc(N)c2c1Cl. The Hall–Kier alpha value is -2.53. The molecule has 6 heteroatoms. The molecule has 1 heterocycles. The van der Waals surface area contributed by atoms with E-state index in [-0.39, 0.29) is 5.95 Å². The molecule has 0 fully saturated rings. The summed E-state index contributed by atoms with van der Waals surface area (Å²) in [6.07, 6.45) is 0. The summed E-state index contributed by atoms with van der Waals surface area (Å²) >= 11 is 6.46. The minimum atomic E-state index is 0.145. The maximum Gasteiger partial charge on any atom is 0.222 e. The molecule has 1 aromatic heterocycles. The van der Waals surface area contributed by atoms with Crippen LogP contribution in [0.2, 0.25) is 5.02 Å². The van der Waals surface area contributed by atoms with Crippen LogP contribution in [-0.4, -0.2) is 9.97 Å². The topological polar surface area (TPSA) is 89.8 Å². The molecule has 0 aliphatic heterocycles. The molecule has 112 valence electrons. The minimum absolute atomic E-state index is 0.145. The van der Waals surface area contributed by atoms with Crippen molar-refractivity contribution in [2.75, 3.05) is 16.8 Å². The highest BCUT2D eigenvalue weighted by Crippen LogP contribution is 2.31. The van der Waals surface area contributed by atoms with Crippen molar-refractivity contribution in [3.05, 3.63) is 52.5 Å². The molecular weight excluding hydrogens is 298 g/mol. The molecule has 0 radical (unpaired) electrons. The van der Waals surface area contributed by atoms with Gasteiger partial charge < -0.3 is 16.8 Å². The number of nitrogens with two attached hydrogens (primary N) is 2. The Morgan fingerprint density at radius 2 is 1.86 bits per heavy atom. The van der Waals surface area contributed by atoms with Crippen LogP contribution in [0.1, 0.15) is 11.1 Å². The van der Waals surface area contributed by atoms with Crippen LogP contribution >= 0.6 is 11.6 Å². The number of halogens is 1. The first-order chi connectivity index (χ1) is 10.6. The molecular formula is C16H16ClN5. The van der Waals surface area contributed by atoms with E-state index in [1.54, 1.807) is 0 Å². The van der Waals surface area contributed by atoms with Gasteiger partial charge in [-0.3, -0.25) is 0 Å². The lowest BCUT2D eigenvalue weighted by Gasteiger charge is -2.12. The largest absolute Gasteiger partial charge is 0.383 e. The Balaban J connectivity index is 1.95. The van der Waals surface area contributed by atoms with Crippen LogP contribution in [0, 0.1) is 6.92 Å². The van der Waals surface area contributed by atoms with Crippen LogP contribution in [0.5, 0.6) is 0 Å². The number of hydrogen-bond acceptors (Lipinski definition) is 5. The lowest BCUT2D eigenvalue weighted by molar-refractivity contribution is 1.14. The Kier molecular flexibility index (Phi) is 3.73. The van der Waals surface area contributed by atoms with Gasteiger partial charge >= 0.3 is 0 Å². The molecule has 3 aromatic rings. The Labute approximate surface area is 133 Å². The van der Waals surface area contributed by atoms with Crippen LogP contribution < -0.4 is 16.8 Å². The average Bonchev–Trinajstić information content (AvgIpc) is 2.47. The van der Waals surface area contributed by atoms with Gasteiger partial charge in [-0.1, -0.05) is 35.9 Å². The number of benzene rings is 2. The summed E-state index contributed by atoms with van der Waals surface area (Å²) in [5.41, 5.74) is 15.4. The van der Waals surface area contributed by atoms with Crippen LogP contribution in [-0.2, 0) is 6.54 Å². The van der Waals surface area contributed by atoms with Crippen LogP contribution in [0.3, 0.4) is 0 Å². The van der Waals surface area contributed by atoms with Crippen molar-refractivity contribution < 1.29 is 0 Å². The predicted octanol–water partition coefficient (Wildman–Crippen LogP) is 3.37. The summed E-state index contributed by atoms with van der Waals surface area (Å²) in [7, 11) is 0. The lowest BCUT2D eigenvalue weighted by atomic mass is 10.1. The van der Waals surface area contributed by atoms with Crippen LogP contribution in [0.4, 0.5) is 17.5 Å². The van der Waals surface area contributed by atoms with Gasteiger partial charge in [0.25, 0.3) is 0 Å². The molecule has 0 unspecified atom stereocenters. The second-order valence-corrected chi connectivity index (χ2v) is 5.45. The van der Waals surface area contributed by atoms with Gasteiger partial charge in [-0.15, -0.1) is 0 Å². The van der Waals surface area contributed by atoms with Crippen molar-refractivity contribution >= 4 is 40.0 Å². The van der Waals surface area contributed by atoms with Crippen molar-refractivity contribution in [3.8, 4) is 0 Å². The zero-order valence-corrected chi connectivity index (χ0v) is 12.9. The van der Waals surface area contributed by atoms with Crippen LogP contribution in [0.15, 0.2) is 36.4 Å². The first kappa shape index (κ1) is 14.4. The van der Waals surface area contributed by atoms with Crippen molar-refractivity contribution in [1.29, 1.82) is 0 Å². The smallest absolute Gasteiger partial charge is 0.222 e. The first-order valence-electron chi connectivity index (χ1n) is 6.86. The third-order valence-electron chi connectivity index (χ3n) is 3.54. The van der Waals surface area contributed by atoms with Gasteiger partial charge in [0.05, 0.1) is 15.9 Å². The second kappa shape index (κ2) is 5.69. The average molecular weight is 314 g/mol. The Morgan fingerprint density at radius 3 is 2.64 bits per heavy atom. The van der Waals surface area contributed by atoms with Gasteiger partial charge in [0.15, 0.2) is 0 Å². The lowest BCUT2D eigenvalue weighted by Crippen LogP contribution is -2.04. The first-order valence-corrected chi connectivity index (χ1v) is 7.23. The van der Waals surface area contributed by atoms with E-state index < -0.39 is 0 Å². The van der Waals surface area contributed by atoms with Gasteiger partial charge in [-0.05, 0) is 30.2 Å². The van der Waals surface area contributed by atoms with Gasteiger partial charge in [0.1, 0.15) is 5.82 Å². The number of nitrogens with zero attached hydrogens (tertiary/aromatic N) is 2. The van der Waals surface area contributed by atoms with Crippen LogP contribution in [0.25, 0.3) is 10.9 Å². The fourth-order valence-electron chi connectivity index (χ4n) is 2.37. The van der Waals surface area contributed by atoms with Gasteiger partial charge in [0, 0.05) is 12.2 Å². The van der Waals surface area contributed by atoms with Gasteiger partial charge in [-0.25, -0.2) is 4.98 Å². The molecule has 0 saturated heterocycles. The van der Waals surface area contributed by atoms with E-state index in [1.165, 1.54) is 5.56 Å². The highest BCUT2D eigenvalue weighted by atomic mass is 35.5. The van der Waals surface area contributed by atoms with E-state index in [9.17, 15) is 0 Å². The molecule has 5 nitrogen and oxygen atoms in total. The van der Waals surface area contributed by atoms with E-state index in [1.807, 2.05) is 30.3 Å². The number of para-hydroxylation sites is 1. The quantitative estimate of drug-likeness (QED) is 0.689. The molecule has 0 aliphatic rings. The van der Waals surface area contributed by atoms with Crippen molar-refractivity contribution in [2.24, 2.45) is 0 Å². The van der Waals surface area contributed by atoms with E-state index >= 15 is 0 Å². The molecule has 2 aromatic carbocycles. The third-order valence-corrected chi connectivity index (χ3v) is 3.97. The van der Waals surface area contributed by atoms with E-state index in [2.05, 4.69) is 28.3 Å². The fourth-order valence-corrected chi connectivity index (χ4v) is 2.70. The molecule has 0 saturated carbocycles. The number of nitrogens with one attached hydrogen (secondary N) is 1. The number of fused-ring (bicyclic) bond motifs is 1. The molecule has 0 spiro atoms. The number of nitrogen functional groups attached to an aromatic ring is 2. The number of rotatable bonds is 3. The zero-order chi connectivity index (χ0) is 15.7. The monoisotopic (exact) mass is 313 g/mol. The van der Waals surface area contributed by atoms with Gasteiger partial charge in [-0.2, -0.15) is 4.98 Å². The predicted molar refractivity (Wildman–Crippen MR) is 91.9 cm³/mol.